The van der Waals surface area contributed by atoms with Gasteiger partial charge >= 0.3 is 0 Å². The Morgan fingerprint density at radius 1 is 1.18 bits per heavy atom. The summed E-state index contributed by atoms with van der Waals surface area (Å²) >= 11 is 3.37. The summed E-state index contributed by atoms with van der Waals surface area (Å²) in [5, 5.41) is 5.92. The molecule has 0 radical (unpaired) electrons. The number of rotatable bonds is 2. The zero-order valence-electron chi connectivity index (χ0n) is 6.48. The van der Waals surface area contributed by atoms with Gasteiger partial charge in [0.2, 0.25) is 0 Å². The maximum absolute atomic E-state index is 4.22. The summed E-state index contributed by atoms with van der Waals surface area (Å²) in [7, 11) is 3.68. The fourth-order valence-electron chi connectivity index (χ4n) is 0.753. The topological polar surface area (TPSA) is 37.0 Å². The van der Waals surface area contributed by atoms with E-state index in [4.69, 9.17) is 0 Å². The van der Waals surface area contributed by atoms with Crippen molar-refractivity contribution in [2.75, 3.05) is 24.7 Å². The van der Waals surface area contributed by atoms with Crippen LogP contribution < -0.4 is 10.6 Å². The number of hydrogen-bond donors (Lipinski definition) is 2. The highest BCUT2D eigenvalue weighted by molar-refractivity contribution is 9.10. The van der Waals surface area contributed by atoms with Gasteiger partial charge in [0.1, 0.15) is 11.6 Å². The van der Waals surface area contributed by atoms with E-state index in [1.54, 1.807) is 0 Å². The molecule has 0 fully saturated rings. The van der Waals surface area contributed by atoms with Gasteiger partial charge in [0.05, 0.1) is 0 Å². The first-order valence-electron chi connectivity index (χ1n) is 3.29. The van der Waals surface area contributed by atoms with E-state index in [9.17, 15) is 0 Å². The lowest BCUT2D eigenvalue weighted by Gasteiger charge is -2.03. The zero-order valence-corrected chi connectivity index (χ0v) is 8.07. The largest absolute Gasteiger partial charge is 0.373 e. The fraction of sp³-hybridized carbons (Fsp3) is 0.286. The van der Waals surface area contributed by atoms with Crippen LogP contribution in [0.5, 0.6) is 0 Å². The van der Waals surface area contributed by atoms with Crippen molar-refractivity contribution in [3.05, 3.63) is 16.6 Å². The summed E-state index contributed by atoms with van der Waals surface area (Å²) in [6.45, 7) is 0. The van der Waals surface area contributed by atoms with Crippen LogP contribution in [0, 0.1) is 0 Å². The van der Waals surface area contributed by atoms with E-state index in [0.29, 0.717) is 0 Å². The lowest BCUT2D eigenvalue weighted by Crippen LogP contribution is -1.97. The van der Waals surface area contributed by atoms with Crippen molar-refractivity contribution < 1.29 is 0 Å². The van der Waals surface area contributed by atoms with Gasteiger partial charge in [0, 0.05) is 18.6 Å². The van der Waals surface area contributed by atoms with E-state index in [1.807, 2.05) is 26.2 Å². The number of hydrogen-bond acceptors (Lipinski definition) is 3. The van der Waals surface area contributed by atoms with Gasteiger partial charge in [-0.05, 0) is 12.1 Å². The summed E-state index contributed by atoms with van der Waals surface area (Å²) in [6, 6.07) is 3.84. The van der Waals surface area contributed by atoms with Gasteiger partial charge in [0.25, 0.3) is 0 Å². The summed E-state index contributed by atoms with van der Waals surface area (Å²) in [5.74, 6) is 1.70. The Kier molecular flexibility index (Phi) is 2.70. The standard InChI is InChI=1S/C7H10BrN3/c1-9-6-3-5(8)4-7(10-2)11-6/h3-4H,1-2H3,(H2,9,10,11). The first-order valence-corrected chi connectivity index (χ1v) is 4.08. The third-order valence-corrected chi connectivity index (χ3v) is 1.76. The van der Waals surface area contributed by atoms with Crippen molar-refractivity contribution in [3.63, 3.8) is 0 Å². The highest BCUT2D eigenvalue weighted by Crippen LogP contribution is 2.17. The molecule has 1 aromatic rings. The van der Waals surface area contributed by atoms with Gasteiger partial charge in [-0.3, -0.25) is 0 Å². The summed E-state index contributed by atoms with van der Waals surface area (Å²) < 4.78 is 1.02. The predicted molar refractivity (Wildman–Crippen MR) is 51.0 cm³/mol. The second-order valence-electron chi connectivity index (χ2n) is 2.06. The average molecular weight is 216 g/mol. The molecule has 0 saturated heterocycles. The van der Waals surface area contributed by atoms with Gasteiger partial charge in [0.15, 0.2) is 0 Å². The van der Waals surface area contributed by atoms with Crippen LogP contribution in [-0.2, 0) is 0 Å². The zero-order chi connectivity index (χ0) is 8.27. The molecule has 0 saturated carbocycles. The Labute approximate surface area is 74.3 Å². The predicted octanol–water partition coefficient (Wildman–Crippen LogP) is 1.93. The lowest BCUT2D eigenvalue weighted by atomic mass is 10.4. The molecule has 4 heteroatoms. The SMILES string of the molecule is CNc1cc(Br)cc(NC)n1. The molecule has 2 N–H and O–H groups in total. The minimum atomic E-state index is 0.851. The molecule has 0 bridgehead atoms. The van der Waals surface area contributed by atoms with Crippen molar-refractivity contribution in [2.24, 2.45) is 0 Å². The minimum absolute atomic E-state index is 0.851. The van der Waals surface area contributed by atoms with E-state index < -0.39 is 0 Å². The van der Waals surface area contributed by atoms with E-state index in [1.165, 1.54) is 0 Å². The molecule has 0 spiro atoms. The molecule has 0 aliphatic rings. The molecule has 0 atom stereocenters. The van der Waals surface area contributed by atoms with Crippen molar-refractivity contribution in [2.45, 2.75) is 0 Å². The summed E-state index contributed by atoms with van der Waals surface area (Å²) in [5.41, 5.74) is 0. The smallest absolute Gasteiger partial charge is 0.129 e. The van der Waals surface area contributed by atoms with E-state index in [0.717, 1.165) is 16.1 Å². The summed E-state index contributed by atoms with van der Waals surface area (Å²) in [6.07, 6.45) is 0. The van der Waals surface area contributed by atoms with Crippen LogP contribution in [0.25, 0.3) is 0 Å². The second-order valence-corrected chi connectivity index (χ2v) is 2.97. The molecule has 0 aromatic carbocycles. The highest BCUT2D eigenvalue weighted by atomic mass is 79.9. The molecule has 3 nitrogen and oxygen atoms in total. The van der Waals surface area contributed by atoms with E-state index in [-0.39, 0.29) is 0 Å². The fourth-order valence-corrected chi connectivity index (χ4v) is 1.19. The number of halogens is 1. The molecule has 0 aliphatic heterocycles. The van der Waals surface area contributed by atoms with Crippen LogP contribution in [0.1, 0.15) is 0 Å². The van der Waals surface area contributed by atoms with Crippen molar-refractivity contribution in [3.8, 4) is 0 Å². The van der Waals surface area contributed by atoms with Crippen LogP contribution in [-0.4, -0.2) is 19.1 Å². The van der Waals surface area contributed by atoms with Gasteiger partial charge in [-0.15, -0.1) is 0 Å². The molecule has 0 unspecified atom stereocenters. The number of aromatic nitrogens is 1. The molecule has 1 rings (SSSR count). The normalized spacial score (nSPS) is 9.36. The first kappa shape index (κ1) is 8.33. The maximum Gasteiger partial charge on any atom is 0.129 e. The third-order valence-electron chi connectivity index (χ3n) is 1.30. The molecule has 1 aromatic heterocycles. The highest BCUT2D eigenvalue weighted by Gasteiger charge is 1.96. The monoisotopic (exact) mass is 215 g/mol. The minimum Gasteiger partial charge on any atom is -0.373 e. The molecular formula is C7H10BrN3. The second kappa shape index (κ2) is 3.57. The van der Waals surface area contributed by atoms with Crippen LogP contribution in [0.2, 0.25) is 0 Å². The Bertz CT molecular complexity index is 227. The molecule has 1 heterocycles. The molecule has 0 aliphatic carbocycles. The van der Waals surface area contributed by atoms with Crippen molar-refractivity contribution in [1.82, 2.24) is 4.98 Å². The van der Waals surface area contributed by atoms with Gasteiger partial charge < -0.3 is 10.6 Å². The van der Waals surface area contributed by atoms with E-state index in [2.05, 4.69) is 31.5 Å². The van der Waals surface area contributed by atoms with Crippen molar-refractivity contribution >= 4 is 27.6 Å². The molecule has 60 valence electrons. The number of nitrogens with zero attached hydrogens (tertiary/aromatic N) is 1. The average Bonchev–Trinajstić information content (AvgIpc) is 2.03. The lowest BCUT2D eigenvalue weighted by molar-refractivity contribution is 1.25. The maximum atomic E-state index is 4.22. The molecule has 11 heavy (non-hydrogen) atoms. The summed E-state index contributed by atoms with van der Waals surface area (Å²) in [4.78, 5) is 4.22. The molecule has 0 amide bonds. The Morgan fingerprint density at radius 3 is 2.00 bits per heavy atom. The quantitative estimate of drug-likeness (QED) is 0.792. The van der Waals surface area contributed by atoms with Gasteiger partial charge in [-0.2, -0.15) is 0 Å². The van der Waals surface area contributed by atoms with Crippen LogP contribution in [0.15, 0.2) is 16.6 Å². The van der Waals surface area contributed by atoms with Crippen LogP contribution in [0.4, 0.5) is 11.6 Å². The Hall–Kier alpha value is -0.770. The Morgan fingerprint density at radius 2 is 1.64 bits per heavy atom. The van der Waals surface area contributed by atoms with Crippen LogP contribution >= 0.6 is 15.9 Å². The Balaban J connectivity index is 3.02. The molecular weight excluding hydrogens is 206 g/mol. The number of anilines is 2. The number of nitrogens with one attached hydrogen (secondary N) is 2. The third kappa shape index (κ3) is 2.08. The van der Waals surface area contributed by atoms with Crippen LogP contribution in [0.3, 0.4) is 0 Å². The van der Waals surface area contributed by atoms with Crippen molar-refractivity contribution in [1.29, 1.82) is 0 Å². The van der Waals surface area contributed by atoms with Gasteiger partial charge in [-0.1, -0.05) is 15.9 Å². The first-order chi connectivity index (χ1) is 5.26. The van der Waals surface area contributed by atoms with E-state index >= 15 is 0 Å². The number of pyridine rings is 1. The van der Waals surface area contributed by atoms with Gasteiger partial charge in [-0.25, -0.2) is 4.98 Å².